The lowest BCUT2D eigenvalue weighted by Crippen LogP contribution is -2.44. The smallest absolute Gasteiger partial charge is 0.247 e. The van der Waals surface area contributed by atoms with Crippen LogP contribution < -0.4 is 10.6 Å². The first-order chi connectivity index (χ1) is 9.61. The van der Waals surface area contributed by atoms with Gasteiger partial charge in [0.2, 0.25) is 11.8 Å². The van der Waals surface area contributed by atoms with Crippen molar-refractivity contribution >= 4 is 40.9 Å². The first-order valence-corrected chi connectivity index (χ1v) is 6.91. The van der Waals surface area contributed by atoms with E-state index in [0.29, 0.717) is 0 Å². The molecule has 0 radical (unpaired) electrons. The molecule has 104 valence electrons. The maximum Gasteiger partial charge on any atom is 0.247 e. The number of anilines is 1. The van der Waals surface area contributed by atoms with Crippen LogP contribution in [0.4, 0.5) is 5.69 Å². The minimum atomic E-state index is -0.644. The van der Waals surface area contributed by atoms with E-state index in [9.17, 15) is 9.59 Å². The average Bonchev–Trinajstić information content (AvgIpc) is 2.45. The van der Waals surface area contributed by atoms with Crippen LogP contribution in [0.1, 0.15) is 6.92 Å². The summed E-state index contributed by atoms with van der Waals surface area (Å²) in [5, 5.41) is 7.42. The summed E-state index contributed by atoms with van der Waals surface area (Å²) in [7, 11) is 0. The van der Waals surface area contributed by atoms with Gasteiger partial charge in [0.25, 0.3) is 0 Å². The zero-order valence-corrected chi connectivity index (χ0v) is 12.0. The van der Waals surface area contributed by atoms with Crippen LogP contribution in [0.5, 0.6) is 0 Å². The lowest BCUT2D eigenvalue weighted by atomic mass is 10.1. The molecule has 1 atom stereocenters. The van der Waals surface area contributed by atoms with Crippen LogP contribution in [-0.2, 0) is 9.59 Å². The van der Waals surface area contributed by atoms with Gasteiger partial charge in [-0.3, -0.25) is 9.59 Å². The lowest BCUT2D eigenvalue weighted by molar-refractivity contribution is -0.124. The summed E-state index contributed by atoms with van der Waals surface area (Å²) in [6.07, 6.45) is 0. The van der Waals surface area contributed by atoms with E-state index in [1.165, 1.54) is 6.92 Å². The summed E-state index contributed by atoms with van der Waals surface area (Å²) < 4.78 is 0. The third-order valence-electron chi connectivity index (χ3n) is 2.92. The Morgan fingerprint density at radius 2 is 1.85 bits per heavy atom. The Kier molecular flexibility index (Phi) is 4.63. The van der Waals surface area contributed by atoms with E-state index in [4.69, 9.17) is 0 Å². The van der Waals surface area contributed by atoms with Crippen LogP contribution in [0.3, 0.4) is 0 Å². The van der Waals surface area contributed by atoms with E-state index in [-0.39, 0.29) is 17.6 Å². The van der Waals surface area contributed by atoms with Gasteiger partial charge < -0.3 is 10.6 Å². The van der Waals surface area contributed by atoms with Crippen molar-refractivity contribution in [3.63, 3.8) is 0 Å². The highest BCUT2D eigenvalue weighted by molar-refractivity contribution is 7.80. The van der Waals surface area contributed by atoms with Crippen LogP contribution in [0.2, 0.25) is 0 Å². The number of rotatable bonds is 4. The molecule has 4 nitrogen and oxygen atoms in total. The number of thiol groups is 1. The highest BCUT2D eigenvalue weighted by atomic mass is 32.1. The van der Waals surface area contributed by atoms with E-state index in [1.54, 1.807) is 0 Å². The van der Waals surface area contributed by atoms with Crippen LogP contribution in [0.15, 0.2) is 42.5 Å². The third-order valence-corrected chi connectivity index (χ3v) is 3.29. The highest BCUT2D eigenvalue weighted by Gasteiger charge is 2.18. The molecule has 5 heteroatoms. The van der Waals surface area contributed by atoms with Gasteiger partial charge in [0, 0.05) is 23.8 Å². The maximum atomic E-state index is 12.1. The summed E-state index contributed by atoms with van der Waals surface area (Å²) in [5.74, 6) is -0.278. The van der Waals surface area contributed by atoms with Crippen LogP contribution in [-0.4, -0.2) is 23.6 Å². The number of hydrogen-bond acceptors (Lipinski definition) is 3. The molecule has 0 aliphatic rings. The molecule has 2 amide bonds. The second-order valence-electron chi connectivity index (χ2n) is 4.45. The van der Waals surface area contributed by atoms with Crippen LogP contribution in [0.25, 0.3) is 10.8 Å². The molecule has 0 saturated carbocycles. The number of fused-ring (bicyclic) bond motifs is 1. The summed E-state index contributed by atoms with van der Waals surface area (Å²) in [6.45, 7) is 1.38. The Bertz CT molecular complexity index is 637. The number of carbonyl (C=O) groups is 2. The third kappa shape index (κ3) is 3.30. The molecular formula is C15H16N2O2S. The zero-order chi connectivity index (χ0) is 14.5. The number of nitrogens with one attached hydrogen (secondary N) is 2. The van der Waals surface area contributed by atoms with Crippen molar-refractivity contribution in [2.75, 3.05) is 11.1 Å². The molecule has 0 aromatic heterocycles. The molecule has 0 saturated heterocycles. The van der Waals surface area contributed by atoms with Crippen molar-refractivity contribution < 1.29 is 9.59 Å². The molecule has 1 unspecified atom stereocenters. The van der Waals surface area contributed by atoms with Gasteiger partial charge in [-0.25, -0.2) is 0 Å². The van der Waals surface area contributed by atoms with Crippen LogP contribution >= 0.6 is 12.6 Å². The molecule has 0 aliphatic carbocycles. The molecule has 0 spiro atoms. The van der Waals surface area contributed by atoms with Gasteiger partial charge in [-0.2, -0.15) is 12.6 Å². The average molecular weight is 288 g/mol. The zero-order valence-electron chi connectivity index (χ0n) is 11.1. The Hall–Kier alpha value is -2.01. The maximum absolute atomic E-state index is 12.1. The van der Waals surface area contributed by atoms with E-state index >= 15 is 0 Å². The minimum Gasteiger partial charge on any atom is -0.344 e. The molecule has 0 bridgehead atoms. The molecule has 2 aromatic rings. The lowest BCUT2D eigenvalue weighted by Gasteiger charge is -2.16. The van der Waals surface area contributed by atoms with Gasteiger partial charge in [0.05, 0.1) is 0 Å². The highest BCUT2D eigenvalue weighted by Crippen LogP contribution is 2.23. The summed E-state index contributed by atoms with van der Waals surface area (Å²) in [4.78, 5) is 23.2. The largest absolute Gasteiger partial charge is 0.344 e. The van der Waals surface area contributed by atoms with Crippen molar-refractivity contribution in [1.82, 2.24) is 5.32 Å². The standard InChI is InChI=1S/C15H16N2O2S/c1-10(18)16-14(9-20)15(19)17-13-8-4-6-11-5-2-3-7-12(11)13/h2-8,14,20H,9H2,1H3,(H,16,18)(H,17,19). The molecule has 20 heavy (non-hydrogen) atoms. The van der Waals surface area contributed by atoms with E-state index in [1.807, 2.05) is 42.5 Å². The molecule has 0 heterocycles. The Morgan fingerprint density at radius 3 is 2.55 bits per heavy atom. The van der Waals surface area contributed by atoms with E-state index in [2.05, 4.69) is 23.3 Å². The van der Waals surface area contributed by atoms with Gasteiger partial charge >= 0.3 is 0 Å². The summed E-state index contributed by atoms with van der Waals surface area (Å²) in [5.41, 5.74) is 0.727. The summed E-state index contributed by atoms with van der Waals surface area (Å²) in [6, 6.07) is 12.8. The SMILES string of the molecule is CC(=O)NC(CS)C(=O)Nc1cccc2ccccc12. The topological polar surface area (TPSA) is 58.2 Å². The quantitative estimate of drug-likeness (QED) is 0.756. The first kappa shape index (κ1) is 14.4. The predicted molar refractivity (Wildman–Crippen MR) is 84.0 cm³/mol. The van der Waals surface area contributed by atoms with E-state index < -0.39 is 6.04 Å². The molecule has 2 N–H and O–H groups in total. The second kappa shape index (κ2) is 6.43. The van der Waals surface area contributed by atoms with Gasteiger partial charge in [-0.1, -0.05) is 36.4 Å². The fraction of sp³-hybridized carbons (Fsp3) is 0.200. The van der Waals surface area contributed by atoms with Crippen molar-refractivity contribution in [1.29, 1.82) is 0 Å². The molecule has 0 aliphatic heterocycles. The van der Waals surface area contributed by atoms with Crippen molar-refractivity contribution in [3.05, 3.63) is 42.5 Å². The fourth-order valence-corrected chi connectivity index (χ4v) is 2.25. The van der Waals surface area contributed by atoms with Gasteiger partial charge in [-0.15, -0.1) is 0 Å². The number of hydrogen-bond donors (Lipinski definition) is 3. The molecule has 0 fully saturated rings. The predicted octanol–water partition coefficient (Wildman–Crippen LogP) is 2.21. The van der Waals surface area contributed by atoms with Crippen LogP contribution in [0, 0.1) is 0 Å². The summed E-state index contributed by atoms with van der Waals surface area (Å²) >= 11 is 4.09. The monoisotopic (exact) mass is 288 g/mol. The fourth-order valence-electron chi connectivity index (χ4n) is 1.99. The molecular weight excluding hydrogens is 272 g/mol. The normalized spacial score (nSPS) is 11.9. The van der Waals surface area contributed by atoms with Gasteiger partial charge in [-0.05, 0) is 11.5 Å². The van der Waals surface area contributed by atoms with Crippen molar-refractivity contribution in [2.45, 2.75) is 13.0 Å². The molecule has 2 rings (SSSR count). The first-order valence-electron chi connectivity index (χ1n) is 6.28. The Labute approximate surface area is 123 Å². The molecule has 2 aromatic carbocycles. The minimum absolute atomic E-state index is 0.246. The number of amides is 2. The van der Waals surface area contributed by atoms with Gasteiger partial charge in [0.1, 0.15) is 6.04 Å². The Morgan fingerprint density at radius 1 is 1.15 bits per heavy atom. The van der Waals surface area contributed by atoms with Crippen molar-refractivity contribution in [3.8, 4) is 0 Å². The Balaban J connectivity index is 2.23. The number of benzene rings is 2. The van der Waals surface area contributed by atoms with E-state index in [0.717, 1.165) is 16.5 Å². The van der Waals surface area contributed by atoms with Crippen molar-refractivity contribution in [2.24, 2.45) is 0 Å². The number of carbonyl (C=O) groups excluding carboxylic acids is 2. The van der Waals surface area contributed by atoms with Gasteiger partial charge in [0.15, 0.2) is 0 Å². The second-order valence-corrected chi connectivity index (χ2v) is 4.82.